The molecule has 0 aliphatic carbocycles. The van der Waals surface area contributed by atoms with Gasteiger partial charge in [0.1, 0.15) is 0 Å². The van der Waals surface area contributed by atoms with Crippen molar-refractivity contribution >= 4 is 22.6 Å². The van der Waals surface area contributed by atoms with Crippen LogP contribution in [0.15, 0.2) is 30.3 Å². The number of hydrogen-bond donors (Lipinski definition) is 2. The average molecular weight is 382 g/mol. The SMILES string of the molecule is CCc1nnc(C)cc1C(Cc1ccc(I)cc1)NN. The molecule has 0 saturated carbocycles. The van der Waals surface area contributed by atoms with Crippen molar-refractivity contribution in [3.63, 3.8) is 0 Å². The Morgan fingerprint density at radius 1 is 1.25 bits per heavy atom. The molecule has 1 heterocycles. The molecule has 106 valence electrons. The quantitative estimate of drug-likeness (QED) is 0.474. The van der Waals surface area contributed by atoms with Crippen molar-refractivity contribution in [1.29, 1.82) is 0 Å². The Labute approximate surface area is 133 Å². The van der Waals surface area contributed by atoms with Crippen molar-refractivity contribution < 1.29 is 0 Å². The van der Waals surface area contributed by atoms with Crippen LogP contribution >= 0.6 is 22.6 Å². The monoisotopic (exact) mass is 382 g/mol. The number of benzene rings is 1. The van der Waals surface area contributed by atoms with Gasteiger partial charge >= 0.3 is 0 Å². The lowest BCUT2D eigenvalue weighted by molar-refractivity contribution is 0.541. The molecule has 1 aromatic carbocycles. The van der Waals surface area contributed by atoms with E-state index in [0.717, 1.165) is 29.8 Å². The Morgan fingerprint density at radius 2 is 1.95 bits per heavy atom. The largest absolute Gasteiger partial charge is 0.271 e. The van der Waals surface area contributed by atoms with Gasteiger partial charge in [0.25, 0.3) is 0 Å². The Balaban J connectivity index is 2.28. The third-order valence-electron chi connectivity index (χ3n) is 3.29. The number of aryl methyl sites for hydroxylation is 2. The van der Waals surface area contributed by atoms with Crippen molar-refractivity contribution in [2.45, 2.75) is 32.7 Å². The van der Waals surface area contributed by atoms with Crippen LogP contribution in [0.1, 0.15) is 35.5 Å². The number of rotatable bonds is 5. The molecule has 0 saturated heterocycles. The number of nitrogens with two attached hydrogens (primary N) is 1. The van der Waals surface area contributed by atoms with Crippen molar-refractivity contribution in [3.8, 4) is 0 Å². The predicted molar refractivity (Wildman–Crippen MR) is 89.1 cm³/mol. The number of aromatic nitrogens is 2. The van der Waals surface area contributed by atoms with E-state index in [1.165, 1.54) is 9.13 Å². The average Bonchev–Trinajstić information content (AvgIpc) is 2.46. The molecule has 1 atom stereocenters. The van der Waals surface area contributed by atoms with E-state index in [-0.39, 0.29) is 6.04 Å². The molecule has 0 spiro atoms. The number of halogens is 1. The fourth-order valence-corrected chi connectivity index (χ4v) is 2.59. The topological polar surface area (TPSA) is 63.8 Å². The van der Waals surface area contributed by atoms with E-state index < -0.39 is 0 Å². The van der Waals surface area contributed by atoms with Crippen molar-refractivity contribution in [3.05, 3.63) is 56.4 Å². The highest BCUT2D eigenvalue weighted by Crippen LogP contribution is 2.21. The van der Waals surface area contributed by atoms with Crippen LogP contribution in [0.4, 0.5) is 0 Å². The zero-order valence-electron chi connectivity index (χ0n) is 11.7. The van der Waals surface area contributed by atoms with Gasteiger partial charge in [0.15, 0.2) is 0 Å². The molecule has 2 aromatic rings. The first-order valence-corrected chi connectivity index (χ1v) is 7.75. The van der Waals surface area contributed by atoms with Crippen LogP contribution < -0.4 is 11.3 Å². The molecule has 20 heavy (non-hydrogen) atoms. The fraction of sp³-hybridized carbons (Fsp3) is 0.333. The van der Waals surface area contributed by atoms with E-state index >= 15 is 0 Å². The summed E-state index contributed by atoms with van der Waals surface area (Å²) in [5, 5.41) is 8.40. The van der Waals surface area contributed by atoms with E-state index in [0.29, 0.717) is 0 Å². The van der Waals surface area contributed by atoms with E-state index in [1.807, 2.05) is 6.92 Å². The fourth-order valence-electron chi connectivity index (χ4n) is 2.23. The zero-order valence-corrected chi connectivity index (χ0v) is 13.9. The van der Waals surface area contributed by atoms with Crippen LogP contribution in [-0.2, 0) is 12.8 Å². The van der Waals surface area contributed by atoms with E-state index in [4.69, 9.17) is 5.84 Å². The summed E-state index contributed by atoms with van der Waals surface area (Å²) in [6.07, 6.45) is 1.69. The van der Waals surface area contributed by atoms with Gasteiger partial charge in [-0.2, -0.15) is 10.2 Å². The molecule has 1 unspecified atom stereocenters. The van der Waals surface area contributed by atoms with Crippen LogP contribution in [0.2, 0.25) is 0 Å². The first-order chi connectivity index (χ1) is 9.63. The second kappa shape index (κ2) is 7.10. The van der Waals surface area contributed by atoms with Gasteiger partial charge in [0.05, 0.1) is 17.4 Å². The van der Waals surface area contributed by atoms with Gasteiger partial charge in [-0.05, 0) is 71.7 Å². The zero-order chi connectivity index (χ0) is 14.5. The molecule has 0 radical (unpaired) electrons. The van der Waals surface area contributed by atoms with E-state index in [2.05, 4.69) is 75.5 Å². The van der Waals surface area contributed by atoms with E-state index in [9.17, 15) is 0 Å². The molecule has 0 aliphatic heterocycles. The molecular formula is C15H19IN4. The standard InChI is InChI=1S/C15H19IN4/c1-3-14-13(8-10(2)19-20-14)15(18-17)9-11-4-6-12(16)7-5-11/h4-8,15,18H,3,9,17H2,1-2H3. The molecule has 0 amide bonds. The molecular weight excluding hydrogens is 363 g/mol. The van der Waals surface area contributed by atoms with Crippen LogP contribution in [0.25, 0.3) is 0 Å². The predicted octanol–water partition coefficient (Wildman–Crippen LogP) is 2.70. The second-order valence-electron chi connectivity index (χ2n) is 4.79. The summed E-state index contributed by atoms with van der Waals surface area (Å²) < 4.78 is 1.24. The summed E-state index contributed by atoms with van der Waals surface area (Å²) in [5.74, 6) is 5.76. The Bertz CT molecular complexity index is 569. The van der Waals surface area contributed by atoms with Crippen LogP contribution in [0.3, 0.4) is 0 Å². The first-order valence-electron chi connectivity index (χ1n) is 6.67. The Kier molecular flexibility index (Phi) is 5.45. The highest BCUT2D eigenvalue weighted by Gasteiger charge is 2.16. The summed E-state index contributed by atoms with van der Waals surface area (Å²) in [5.41, 5.74) is 7.23. The third kappa shape index (κ3) is 3.74. The van der Waals surface area contributed by atoms with Gasteiger partial charge in [0, 0.05) is 3.57 Å². The molecule has 0 fully saturated rings. The number of nitrogens with zero attached hydrogens (tertiary/aromatic N) is 2. The van der Waals surface area contributed by atoms with Gasteiger partial charge in [-0.25, -0.2) is 0 Å². The normalized spacial score (nSPS) is 12.4. The summed E-state index contributed by atoms with van der Waals surface area (Å²) >= 11 is 2.31. The molecule has 4 nitrogen and oxygen atoms in total. The third-order valence-corrected chi connectivity index (χ3v) is 4.01. The summed E-state index contributed by atoms with van der Waals surface area (Å²) in [6, 6.07) is 10.6. The van der Waals surface area contributed by atoms with Gasteiger partial charge in [-0.15, -0.1) is 0 Å². The Hall–Kier alpha value is -1.05. The lowest BCUT2D eigenvalue weighted by Crippen LogP contribution is -2.30. The number of hydrogen-bond acceptors (Lipinski definition) is 4. The highest BCUT2D eigenvalue weighted by atomic mass is 127. The molecule has 5 heteroatoms. The van der Waals surface area contributed by atoms with Crippen molar-refractivity contribution in [1.82, 2.24) is 15.6 Å². The van der Waals surface area contributed by atoms with Crippen LogP contribution in [0, 0.1) is 10.5 Å². The summed E-state index contributed by atoms with van der Waals surface area (Å²) in [7, 11) is 0. The van der Waals surface area contributed by atoms with Crippen molar-refractivity contribution in [2.24, 2.45) is 5.84 Å². The molecule has 3 N–H and O–H groups in total. The van der Waals surface area contributed by atoms with Crippen molar-refractivity contribution in [2.75, 3.05) is 0 Å². The first kappa shape index (κ1) is 15.3. The van der Waals surface area contributed by atoms with Gasteiger partial charge in [0.2, 0.25) is 0 Å². The Morgan fingerprint density at radius 3 is 2.55 bits per heavy atom. The number of hydrazine groups is 1. The lowest BCUT2D eigenvalue weighted by atomic mass is 9.97. The summed E-state index contributed by atoms with van der Waals surface area (Å²) in [6.45, 7) is 4.04. The minimum atomic E-state index is 0.0548. The number of nitrogens with one attached hydrogen (secondary N) is 1. The maximum Gasteiger partial charge on any atom is 0.0676 e. The smallest absolute Gasteiger partial charge is 0.0676 e. The van der Waals surface area contributed by atoms with Crippen LogP contribution in [0.5, 0.6) is 0 Å². The minimum Gasteiger partial charge on any atom is -0.271 e. The lowest BCUT2D eigenvalue weighted by Gasteiger charge is -2.19. The second-order valence-corrected chi connectivity index (χ2v) is 6.04. The summed E-state index contributed by atoms with van der Waals surface area (Å²) in [4.78, 5) is 0. The maximum atomic E-state index is 5.76. The highest BCUT2D eigenvalue weighted by molar-refractivity contribution is 14.1. The van der Waals surface area contributed by atoms with Gasteiger partial charge in [-0.3, -0.25) is 11.3 Å². The van der Waals surface area contributed by atoms with Crippen LogP contribution in [-0.4, -0.2) is 10.2 Å². The molecule has 2 rings (SSSR count). The molecule has 0 bridgehead atoms. The maximum absolute atomic E-state index is 5.76. The van der Waals surface area contributed by atoms with Gasteiger partial charge in [-0.1, -0.05) is 19.1 Å². The van der Waals surface area contributed by atoms with E-state index in [1.54, 1.807) is 0 Å². The minimum absolute atomic E-state index is 0.0548. The molecule has 1 aromatic heterocycles. The molecule has 0 aliphatic rings. The van der Waals surface area contributed by atoms with Gasteiger partial charge < -0.3 is 0 Å².